The van der Waals surface area contributed by atoms with Crippen molar-refractivity contribution >= 4 is 35.0 Å². The number of hydrogen-bond acceptors (Lipinski definition) is 10. The van der Waals surface area contributed by atoms with Crippen molar-refractivity contribution in [3.63, 3.8) is 0 Å². The first-order valence-electron chi connectivity index (χ1n) is 14.5. The summed E-state index contributed by atoms with van der Waals surface area (Å²) in [5.41, 5.74) is 1.81. The molecule has 0 N–H and O–H groups in total. The van der Waals surface area contributed by atoms with Crippen LogP contribution in [0.3, 0.4) is 0 Å². The van der Waals surface area contributed by atoms with Crippen molar-refractivity contribution in [2.75, 3.05) is 59.0 Å². The topological polar surface area (TPSA) is 98.7 Å². The first-order chi connectivity index (χ1) is 21.4. The van der Waals surface area contributed by atoms with Crippen molar-refractivity contribution in [1.29, 1.82) is 0 Å². The van der Waals surface area contributed by atoms with E-state index in [1.54, 1.807) is 43.9 Å². The quantitative estimate of drug-likeness (QED) is 0.279. The van der Waals surface area contributed by atoms with Crippen LogP contribution >= 0.6 is 11.3 Å². The molecule has 1 atom stereocenters. The fraction of sp³-hybridized carbons (Fsp3) is 0.303. The van der Waals surface area contributed by atoms with Crippen molar-refractivity contribution < 1.29 is 23.4 Å². The molecule has 1 fully saturated rings. The first-order valence-corrected chi connectivity index (χ1v) is 15.3. The van der Waals surface area contributed by atoms with Crippen molar-refractivity contribution in [3.8, 4) is 11.5 Å². The summed E-state index contributed by atoms with van der Waals surface area (Å²) in [7, 11) is 5.21. The highest BCUT2D eigenvalue weighted by Gasteiger charge is 2.35. The lowest BCUT2D eigenvalue weighted by atomic mass is 9.93. The molecular weight excluding hydrogens is 580 g/mol. The molecule has 1 saturated heterocycles. The van der Waals surface area contributed by atoms with E-state index in [1.807, 2.05) is 48.5 Å². The maximum absolute atomic E-state index is 14.2. The number of carbonyl (C=O) groups excluding carboxylic acids is 1. The van der Waals surface area contributed by atoms with Crippen molar-refractivity contribution in [2.24, 2.45) is 4.99 Å². The standard InChI is InChI=1S/C33H34N4O6S/c1-5-42-32(39)28-29(21-9-7-6-8-10-21)34-33-37(30(28)22-11-13-24(40-3)25(19-22)41-4)31(38)26(44-33)20-23-12-14-27(43-23)36-17-15-35(2)16-18-36/h6-14,19-20,30H,5,15-18H2,1-4H3/b26-20-/t30-/m1/s1. The fourth-order valence-electron chi connectivity index (χ4n) is 5.52. The smallest absolute Gasteiger partial charge is 0.338 e. The Kier molecular flexibility index (Phi) is 8.40. The van der Waals surface area contributed by atoms with Gasteiger partial charge in [-0.3, -0.25) is 9.36 Å². The lowest BCUT2D eigenvalue weighted by molar-refractivity contribution is -0.138. The summed E-state index contributed by atoms with van der Waals surface area (Å²) in [6, 6.07) is 17.8. The predicted molar refractivity (Wildman–Crippen MR) is 169 cm³/mol. The van der Waals surface area contributed by atoms with Crippen molar-refractivity contribution in [1.82, 2.24) is 9.47 Å². The summed E-state index contributed by atoms with van der Waals surface area (Å²) >= 11 is 1.25. The van der Waals surface area contributed by atoms with E-state index in [2.05, 4.69) is 16.8 Å². The Morgan fingerprint density at radius 2 is 1.77 bits per heavy atom. The van der Waals surface area contributed by atoms with E-state index in [4.69, 9.17) is 23.6 Å². The molecule has 10 nitrogen and oxygen atoms in total. The third-order valence-electron chi connectivity index (χ3n) is 7.80. The molecule has 44 heavy (non-hydrogen) atoms. The van der Waals surface area contributed by atoms with Gasteiger partial charge in [-0.1, -0.05) is 47.7 Å². The second-order valence-electron chi connectivity index (χ2n) is 10.5. The van der Waals surface area contributed by atoms with Crippen molar-refractivity contribution in [2.45, 2.75) is 13.0 Å². The van der Waals surface area contributed by atoms with E-state index in [1.165, 1.54) is 11.3 Å². The summed E-state index contributed by atoms with van der Waals surface area (Å²) in [6.07, 6.45) is 1.74. The van der Waals surface area contributed by atoms with Crippen LogP contribution in [0.25, 0.3) is 11.8 Å². The number of benzene rings is 2. The van der Waals surface area contributed by atoms with Crippen LogP contribution in [0.2, 0.25) is 0 Å². The fourth-order valence-corrected chi connectivity index (χ4v) is 6.51. The predicted octanol–water partition coefficient (Wildman–Crippen LogP) is 3.30. The number of esters is 1. The zero-order chi connectivity index (χ0) is 30.8. The molecule has 6 rings (SSSR count). The number of nitrogens with zero attached hydrogens (tertiary/aromatic N) is 4. The van der Waals surface area contributed by atoms with Gasteiger partial charge in [0.2, 0.25) is 0 Å². The normalized spacial score (nSPS) is 17.3. The third-order valence-corrected chi connectivity index (χ3v) is 8.78. The number of methoxy groups -OCH3 is 2. The van der Waals surface area contributed by atoms with Gasteiger partial charge >= 0.3 is 5.97 Å². The number of rotatable bonds is 8. The van der Waals surface area contributed by atoms with Gasteiger partial charge in [-0.05, 0) is 37.7 Å². The summed E-state index contributed by atoms with van der Waals surface area (Å²) in [4.78, 5) is 37.7. The summed E-state index contributed by atoms with van der Waals surface area (Å²) in [5, 5.41) is 0. The van der Waals surface area contributed by atoms with Crippen LogP contribution in [0.4, 0.5) is 5.88 Å². The van der Waals surface area contributed by atoms with E-state index in [-0.39, 0.29) is 17.7 Å². The van der Waals surface area contributed by atoms with Gasteiger partial charge in [0, 0.05) is 43.9 Å². The Hall–Kier alpha value is -4.61. The Labute approximate surface area is 258 Å². The minimum Gasteiger partial charge on any atom is -0.493 e. The molecule has 4 aromatic rings. The van der Waals surface area contributed by atoms with Gasteiger partial charge in [-0.15, -0.1) is 0 Å². The van der Waals surface area contributed by atoms with Crippen LogP contribution in [0.5, 0.6) is 11.5 Å². The van der Waals surface area contributed by atoms with Crippen LogP contribution in [-0.4, -0.2) is 69.5 Å². The maximum atomic E-state index is 14.2. The van der Waals surface area contributed by atoms with E-state index in [0.29, 0.717) is 37.9 Å². The average Bonchev–Trinajstić information content (AvgIpc) is 3.64. The van der Waals surface area contributed by atoms with Gasteiger partial charge in [-0.2, -0.15) is 0 Å². The van der Waals surface area contributed by atoms with Crippen LogP contribution in [0, 0.1) is 0 Å². The lowest BCUT2D eigenvalue weighted by Gasteiger charge is -2.32. The average molecular weight is 615 g/mol. The molecule has 0 radical (unpaired) electrons. The summed E-state index contributed by atoms with van der Waals surface area (Å²) in [5.74, 6) is 1.80. The van der Waals surface area contributed by atoms with Gasteiger partial charge in [0.1, 0.15) is 5.76 Å². The van der Waals surface area contributed by atoms with Crippen molar-refractivity contribution in [3.05, 3.63) is 103 Å². The van der Waals surface area contributed by atoms with Gasteiger partial charge in [0.05, 0.1) is 42.7 Å². The molecule has 2 aromatic heterocycles. The number of piperazine rings is 1. The molecule has 0 amide bonds. The zero-order valence-corrected chi connectivity index (χ0v) is 25.9. The molecule has 228 valence electrons. The molecule has 2 aromatic carbocycles. The number of ether oxygens (including phenoxy) is 3. The number of carbonyl (C=O) groups is 1. The van der Waals surface area contributed by atoms with E-state index >= 15 is 0 Å². The number of anilines is 1. The summed E-state index contributed by atoms with van der Waals surface area (Å²) in [6.45, 7) is 5.57. The van der Waals surface area contributed by atoms with Crippen LogP contribution in [-0.2, 0) is 9.53 Å². The van der Waals surface area contributed by atoms with E-state index in [9.17, 15) is 9.59 Å². The second kappa shape index (κ2) is 12.6. The number of fused-ring (bicyclic) bond motifs is 1. The Bertz CT molecular complexity index is 1880. The SMILES string of the molecule is CCOC(=O)C1=C(c2ccccc2)N=c2s/c(=C\c3ccc(N4CCN(C)CC4)o3)c(=O)n2[C@@H]1c1ccc(OC)c(OC)c1. The third kappa shape index (κ3) is 5.56. The second-order valence-corrected chi connectivity index (χ2v) is 11.5. The highest BCUT2D eigenvalue weighted by Crippen LogP contribution is 2.38. The highest BCUT2D eigenvalue weighted by atomic mass is 32.1. The van der Waals surface area contributed by atoms with E-state index < -0.39 is 12.0 Å². The highest BCUT2D eigenvalue weighted by molar-refractivity contribution is 7.07. The minimum atomic E-state index is -0.833. The largest absolute Gasteiger partial charge is 0.493 e. The molecular formula is C33H34N4O6S. The van der Waals surface area contributed by atoms with Gasteiger partial charge in [0.25, 0.3) is 5.56 Å². The molecule has 0 spiro atoms. The Balaban J connectivity index is 1.54. The monoisotopic (exact) mass is 614 g/mol. The maximum Gasteiger partial charge on any atom is 0.338 e. The molecule has 0 unspecified atom stereocenters. The molecule has 2 aliphatic heterocycles. The Morgan fingerprint density at radius 3 is 2.48 bits per heavy atom. The van der Waals surface area contributed by atoms with E-state index in [0.717, 1.165) is 37.6 Å². The molecule has 4 heterocycles. The van der Waals surface area contributed by atoms with Gasteiger partial charge in [-0.25, -0.2) is 9.79 Å². The first kappa shape index (κ1) is 29.5. The number of aromatic nitrogens is 1. The van der Waals surface area contributed by atoms with Gasteiger partial charge in [0.15, 0.2) is 22.2 Å². The number of furan rings is 1. The molecule has 11 heteroatoms. The number of likely N-dealkylation sites (N-methyl/N-ethyl adjacent to an activating group) is 1. The number of hydrogen-bond donors (Lipinski definition) is 0. The minimum absolute atomic E-state index is 0.168. The molecule has 0 aliphatic carbocycles. The molecule has 0 bridgehead atoms. The van der Waals surface area contributed by atoms with Crippen LogP contribution in [0.15, 0.2) is 80.4 Å². The van der Waals surface area contributed by atoms with Crippen LogP contribution < -0.4 is 29.3 Å². The molecule has 2 aliphatic rings. The van der Waals surface area contributed by atoms with Crippen LogP contribution in [0.1, 0.15) is 29.9 Å². The molecule has 0 saturated carbocycles. The zero-order valence-electron chi connectivity index (χ0n) is 25.1. The Morgan fingerprint density at radius 1 is 1.02 bits per heavy atom. The number of thiazole rings is 1. The van der Waals surface area contributed by atoms with Gasteiger partial charge < -0.3 is 28.4 Å². The summed E-state index contributed by atoms with van der Waals surface area (Å²) < 4.78 is 24.8. The lowest BCUT2D eigenvalue weighted by Crippen LogP contribution is -2.44.